The number of carbonyl (C=O) groups is 1. The van der Waals surface area contributed by atoms with Crippen LogP contribution in [0.25, 0.3) is 5.65 Å². The highest BCUT2D eigenvalue weighted by Crippen LogP contribution is 2.26. The Morgan fingerprint density at radius 1 is 1.28 bits per heavy atom. The molecular formula is C23H19F2N5OS. The average molecular weight is 452 g/mol. The SMILES string of the molecule is Cc1nc2c(C#N)cnn2c(C)c1CCC(=O)N(Cc1cccs1)c1ccc(F)cc1F. The molecule has 1 amide bonds. The van der Waals surface area contributed by atoms with E-state index in [9.17, 15) is 18.8 Å². The first-order valence-corrected chi connectivity index (χ1v) is 10.8. The van der Waals surface area contributed by atoms with Gasteiger partial charge in [-0.25, -0.2) is 18.3 Å². The molecule has 0 saturated carbocycles. The molecule has 0 saturated heterocycles. The molecule has 0 bridgehead atoms. The van der Waals surface area contributed by atoms with E-state index in [1.54, 1.807) is 4.52 Å². The van der Waals surface area contributed by atoms with Gasteiger partial charge in [-0.3, -0.25) is 4.79 Å². The van der Waals surface area contributed by atoms with Crippen LogP contribution in [-0.2, 0) is 17.8 Å². The summed E-state index contributed by atoms with van der Waals surface area (Å²) in [6.45, 7) is 3.88. The number of benzene rings is 1. The molecule has 0 fully saturated rings. The zero-order valence-electron chi connectivity index (χ0n) is 17.5. The van der Waals surface area contributed by atoms with Crippen molar-refractivity contribution in [2.75, 3.05) is 4.90 Å². The molecule has 0 atom stereocenters. The number of nitrogens with zero attached hydrogens (tertiary/aromatic N) is 5. The van der Waals surface area contributed by atoms with Crippen LogP contribution in [-0.4, -0.2) is 20.5 Å². The number of aryl methyl sites for hydroxylation is 2. The molecule has 162 valence electrons. The van der Waals surface area contributed by atoms with Gasteiger partial charge in [0.2, 0.25) is 5.91 Å². The van der Waals surface area contributed by atoms with E-state index in [0.29, 0.717) is 23.3 Å². The molecule has 6 nitrogen and oxygen atoms in total. The van der Waals surface area contributed by atoms with Gasteiger partial charge in [-0.05, 0) is 49.4 Å². The maximum Gasteiger partial charge on any atom is 0.227 e. The molecule has 0 radical (unpaired) electrons. The van der Waals surface area contributed by atoms with Crippen LogP contribution in [0.5, 0.6) is 0 Å². The fourth-order valence-corrected chi connectivity index (χ4v) is 4.38. The largest absolute Gasteiger partial charge is 0.304 e. The first-order valence-electron chi connectivity index (χ1n) is 9.90. The highest BCUT2D eigenvalue weighted by Gasteiger charge is 2.22. The molecular weight excluding hydrogens is 432 g/mol. The van der Waals surface area contributed by atoms with E-state index in [4.69, 9.17) is 0 Å². The molecule has 32 heavy (non-hydrogen) atoms. The third-order valence-electron chi connectivity index (χ3n) is 5.31. The lowest BCUT2D eigenvalue weighted by atomic mass is 10.1. The van der Waals surface area contributed by atoms with E-state index in [1.807, 2.05) is 31.4 Å². The summed E-state index contributed by atoms with van der Waals surface area (Å²) in [5.74, 6) is -1.77. The molecule has 4 rings (SSSR count). The summed E-state index contributed by atoms with van der Waals surface area (Å²) in [5.41, 5.74) is 3.24. The van der Waals surface area contributed by atoms with Crippen LogP contribution in [0.4, 0.5) is 14.5 Å². The molecule has 9 heteroatoms. The molecule has 3 heterocycles. The predicted octanol–water partition coefficient (Wildman–Crippen LogP) is 4.72. The van der Waals surface area contributed by atoms with E-state index in [1.165, 1.54) is 28.5 Å². The van der Waals surface area contributed by atoms with Crippen molar-refractivity contribution in [2.45, 2.75) is 33.2 Å². The Balaban J connectivity index is 1.62. The highest BCUT2D eigenvalue weighted by molar-refractivity contribution is 7.09. The predicted molar refractivity (Wildman–Crippen MR) is 117 cm³/mol. The monoisotopic (exact) mass is 451 g/mol. The van der Waals surface area contributed by atoms with Gasteiger partial charge in [0.25, 0.3) is 0 Å². The molecule has 0 aliphatic rings. The van der Waals surface area contributed by atoms with Crippen LogP contribution >= 0.6 is 11.3 Å². The normalized spacial score (nSPS) is 11.0. The van der Waals surface area contributed by atoms with Crippen molar-refractivity contribution in [3.8, 4) is 6.07 Å². The summed E-state index contributed by atoms with van der Waals surface area (Å²) >= 11 is 1.46. The minimum Gasteiger partial charge on any atom is -0.304 e. The fraction of sp³-hybridized carbons (Fsp3) is 0.217. The fourth-order valence-electron chi connectivity index (χ4n) is 3.68. The zero-order chi connectivity index (χ0) is 22.8. The van der Waals surface area contributed by atoms with E-state index < -0.39 is 11.6 Å². The minimum absolute atomic E-state index is 0.0394. The quantitative estimate of drug-likeness (QED) is 0.425. The Kier molecular flexibility index (Phi) is 5.97. The number of anilines is 1. The number of nitriles is 1. The maximum absolute atomic E-state index is 14.5. The topological polar surface area (TPSA) is 74.3 Å². The lowest BCUT2D eigenvalue weighted by Crippen LogP contribution is -2.31. The van der Waals surface area contributed by atoms with Crippen molar-refractivity contribution in [2.24, 2.45) is 0 Å². The van der Waals surface area contributed by atoms with Gasteiger partial charge < -0.3 is 4.90 Å². The number of fused-ring (bicyclic) bond motifs is 1. The van der Waals surface area contributed by atoms with Crippen LogP contribution in [0.3, 0.4) is 0 Å². The maximum atomic E-state index is 14.5. The molecule has 0 unspecified atom stereocenters. The van der Waals surface area contributed by atoms with Crippen molar-refractivity contribution < 1.29 is 13.6 Å². The van der Waals surface area contributed by atoms with Crippen LogP contribution in [0.1, 0.15) is 33.8 Å². The second kappa shape index (κ2) is 8.85. The van der Waals surface area contributed by atoms with Crippen LogP contribution in [0, 0.1) is 36.8 Å². The number of halogens is 2. The Morgan fingerprint density at radius 2 is 2.09 bits per heavy atom. The second-order valence-electron chi connectivity index (χ2n) is 7.32. The standard InChI is InChI=1S/C23H19F2N5OS/c1-14-19(15(2)30-23(28-14)16(11-26)12-27-30)6-8-22(31)29(13-18-4-3-9-32-18)21-7-5-17(24)10-20(21)25/h3-5,7,9-10,12H,6,8,13H2,1-2H3. The van der Waals surface area contributed by atoms with Crippen LogP contribution in [0.15, 0.2) is 41.9 Å². The number of carbonyl (C=O) groups excluding carboxylic acids is 1. The summed E-state index contributed by atoms with van der Waals surface area (Å²) in [6, 6.07) is 9.00. The lowest BCUT2D eigenvalue weighted by Gasteiger charge is -2.23. The number of hydrogen-bond acceptors (Lipinski definition) is 5. The number of hydrogen-bond donors (Lipinski definition) is 0. The smallest absolute Gasteiger partial charge is 0.227 e. The summed E-state index contributed by atoms with van der Waals surface area (Å²) < 4.78 is 29.5. The van der Waals surface area contributed by atoms with Gasteiger partial charge in [0.1, 0.15) is 23.3 Å². The Morgan fingerprint density at radius 3 is 2.78 bits per heavy atom. The number of rotatable bonds is 6. The van der Waals surface area contributed by atoms with Gasteiger partial charge in [0.05, 0.1) is 18.4 Å². The van der Waals surface area contributed by atoms with Gasteiger partial charge in [0, 0.05) is 28.8 Å². The van der Waals surface area contributed by atoms with Crippen LogP contribution < -0.4 is 4.90 Å². The summed E-state index contributed by atoms with van der Waals surface area (Å²) in [6.07, 6.45) is 1.93. The van der Waals surface area contributed by atoms with Gasteiger partial charge in [-0.1, -0.05) is 6.07 Å². The molecule has 1 aromatic carbocycles. The first-order chi connectivity index (χ1) is 15.4. The third-order valence-corrected chi connectivity index (χ3v) is 6.17. The number of thiophene rings is 1. The van der Waals surface area contributed by atoms with Gasteiger partial charge in [-0.15, -0.1) is 11.3 Å². The molecule has 0 N–H and O–H groups in total. The van der Waals surface area contributed by atoms with E-state index in [-0.39, 0.29) is 24.6 Å². The highest BCUT2D eigenvalue weighted by atomic mass is 32.1. The van der Waals surface area contributed by atoms with Crippen LogP contribution in [0.2, 0.25) is 0 Å². The number of aromatic nitrogens is 3. The Bertz CT molecular complexity index is 1340. The van der Waals surface area contributed by atoms with E-state index in [2.05, 4.69) is 16.2 Å². The third kappa shape index (κ3) is 4.09. The molecule has 0 aliphatic carbocycles. The zero-order valence-corrected chi connectivity index (χ0v) is 18.3. The first kappa shape index (κ1) is 21.6. The van der Waals surface area contributed by atoms with Crippen molar-refractivity contribution in [1.82, 2.24) is 14.6 Å². The van der Waals surface area contributed by atoms with Crippen molar-refractivity contribution in [1.29, 1.82) is 5.26 Å². The van der Waals surface area contributed by atoms with Gasteiger partial charge in [-0.2, -0.15) is 10.4 Å². The van der Waals surface area contributed by atoms with Gasteiger partial charge in [0.15, 0.2) is 5.65 Å². The Labute approximate surface area is 187 Å². The minimum atomic E-state index is -0.786. The Hall–Kier alpha value is -3.64. The van der Waals surface area contributed by atoms with Crippen molar-refractivity contribution >= 4 is 28.6 Å². The second-order valence-corrected chi connectivity index (χ2v) is 8.35. The lowest BCUT2D eigenvalue weighted by molar-refractivity contribution is -0.118. The molecule has 0 aliphatic heterocycles. The molecule has 4 aromatic rings. The molecule has 0 spiro atoms. The van der Waals surface area contributed by atoms with Crippen molar-refractivity contribution in [3.63, 3.8) is 0 Å². The average Bonchev–Trinajstić information content (AvgIpc) is 3.41. The summed E-state index contributed by atoms with van der Waals surface area (Å²) in [5, 5.41) is 15.3. The van der Waals surface area contributed by atoms with E-state index in [0.717, 1.165) is 28.3 Å². The summed E-state index contributed by atoms with van der Waals surface area (Å²) in [4.78, 5) is 19.9. The number of amides is 1. The van der Waals surface area contributed by atoms with E-state index >= 15 is 0 Å². The van der Waals surface area contributed by atoms with Crippen molar-refractivity contribution in [3.05, 3.63) is 80.9 Å². The summed E-state index contributed by atoms with van der Waals surface area (Å²) in [7, 11) is 0. The molecule has 3 aromatic heterocycles. The van der Waals surface area contributed by atoms with Gasteiger partial charge >= 0.3 is 0 Å².